The number of aryl methyl sites for hydroxylation is 3. The highest BCUT2D eigenvalue weighted by molar-refractivity contribution is 7.92. The van der Waals surface area contributed by atoms with Gasteiger partial charge < -0.3 is 0 Å². The molecule has 0 amide bonds. The average molecular weight is 227 g/mol. The summed E-state index contributed by atoms with van der Waals surface area (Å²) in [6.45, 7) is 7.44. The van der Waals surface area contributed by atoms with Gasteiger partial charge in [-0.25, -0.2) is 8.42 Å². The molecular weight excluding hydrogens is 210 g/mol. The van der Waals surface area contributed by atoms with Crippen LogP contribution < -0.4 is 4.72 Å². The Kier molecular flexibility index (Phi) is 3.39. The van der Waals surface area contributed by atoms with Crippen LogP contribution in [0.25, 0.3) is 0 Å². The van der Waals surface area contributed by atoms with E-state index in [1.54, 1.807) is 6.92 Å². The SMILES string of the molecule is CCS(=O)(=O)Nc1c(C)cc(C)cc1C. The van der Waals surface area contributed by atoms with Crippen molar-refractivity contribution in [2.24, 2.45) is 0 Å². The molecule has 1 aromatic rings. The summed E-state index contributed by atoms with van der Waals surface area (Å²) in [4.78, 5) is 0. The molecule has 0 radical (unpaired) electrons. The Bertz CT molecular complexity index is 440. The van der Waals surface area contributed by atoms with Crippen molar-refractivity contribution in [1.29, 1.82) is 0 Å². The molecule has 1 rings (SSSR count). The van der Waals surface area contributed by atoms with E-state index in [9.17, 15) is 8.42 Å². The molecule has 1 N–H and O–H groups in total. The van der Waals surface area contributed by atoms with Crippen LogP contribution in [-0.4, -0.2) is 14.2 Å². The second-order valence-electron chi connectivity index (χ2n) is 3.78. The van der Waals surface area contributed by atoms with Crippen molar-refractivity contribution in [3.05, 3.63) is 28.8 Å². The number of rotatable bonds is 3. The first kappa shape index (κ1) is 12.0. The number of sulfonamides is 1. The third-order valence-electron chi connectivity index (χ3n) is 2.31. The van der Waals surface area contributed by atoms with Crippen molar-refractivity contribution in [1.82, 2.24) is 0 Å². The quantitative estimate of drug-likeness (QED) is 0.861. The lowest BCUT2D eigenvalue weighted by molar-refractivity contribution is 0.602. The minimum Gasteiger partial charge on any atom is -0.283 e. The Balaban J connectivity index is 3.17. The van der Waals surface area contributed by atoms with Gasteiger partial charge in [-0.3, -0.25) is 4.72 Å². The fraction of sp³-hybridized carbons (Fsp3) is 0.455. The number of nitrogens with one attached hydrogen (secondary N) is 1. The average Bonchev–Trinajstić information content (AvgIpc) is 2.11. The molecule has 84 valence electrons. The van der Waals surface area contributed by atoms with Gasteiger partial charge in [-0.15, -0.1) is 0 Å². The van der Waals surface area contributed by atoms with Gasteiger partial charge in [0.1, 0.15) is 0 Å². The summed E-state index contributed by atoms with van der Waals surface area (Å²) in [5.74, 6) is 0.0970. The Morgan fingerprint density at radius 2 is 1.60 bits per heavy atom. The summed E-state index contributed by atoms with van der Waals surface area (Å²) in [6.07, 6.45) is 0. The molecule has 0 heterocycles. The summed E-state index contributed by atoms with van der Waals surface area (Å²) in [5, 5.41) is 0. The highest BCUT2D eigenvalue weighted by atomic mass is 32.2. The van der Waals surface area contributed by atoms with Crippen LogP contribution in [-0.2, 0) is 10.0 Å². The van der Waals surface area contributed by atoms with Crippen LogP contribution in [0.1, 0.15) is 23.6 Å². The van der Waals surface area contributed by atoms with Crippen LogP contribution >= 0.6 is 0 Å². The summed E-state index contributed by atoms with van der Waals surface area (Å²) in [5.41, 5.74) is 3.78. The van der Waals surface area contributed by atoms with Gasteiger partial charge >= 0.3 is 0 Å². The molecule has 0 aliphatic heterocycles. The first-order chi connectivity index (χ1) is 6.85. The normalized spacial score (nSPS) is 11.5. The molecule has 4 heteroatoms. The van der Waals surface area contributed by atoms with Crippen LogP contribution in [0.2, 0.25) is 0 Å². The number of benzene rings is 1. The van der Waals surface area contributed by atoms with Crippen molar-refractivity contribution < 1.29 is 8.42 Å². The zero-order chi connectivity index (χ0) is 11.6. The molecule has 0 saturated heterocycles. The third kappa shape index (κ3) is 2.96. The standard InChI is InChI=1S/C11H17NO2S/c1-5-15(13,14)12-11-9(3)6-8(2)7-10(11)4/h6-7,12H,5H2,1-4H3. The van der Waals surface area contributed by atoms with E-state index in [2.05, 4.69) is 4.72 Å². The zero-order valence-electron chi connectivity index (χ0n) is 9.59. The number of hydrogen-bond donors (Lipinski definition) is 1. The van der Waals surface area contributed by atoms with Crippen molar-refractivity contribution in [2.75, 3.05) is 10.5 Å². The molecule has 3 nitrogen and oxygen atoms in total. The van der Waals surface area contributed by atoms with Gasteiger partial charge in [0, 0.05) is 0 Å². The smallest absolute Gasteiger partial charge is 0.232 e. The first-order valence-corrected chi connectivity index (χ1v) is 6.59. The molecule has 15 heavy (non-hydrogen) atoms. The lowest BCUT2D eigenvalue weighted by Gasteiger charge is -2.13. The fourth-order valence-electron chi connectivity index (χ4n) is 1.57. The molecule has 0 fully saturated rings. The second-order valence-corrected chi connectivity index (χ2v) is 5.79. The summed E-state index contributed by atoms with van der Waals surface area (Å²) >= 11 is 0. The van der Waals surface area contributed by atoms with Crippen LogP contribution in [0.4, 0.5) is 5.69 Å². The van der Waals surface area contributed by atoms with Gasteiger partial charge in [-0.1, -0.05) is 17.7 Å². The highest BCUT2D eigenvalue weighted by Gasteiger charge is 2.11. The maximum atomic E-state index is 11.4. The van der Waals surface area contributed by atoms with Crippen molar-refractivity contribution >= 4 is 15.7 Å². The molecule has 0 spiro atoms. The van der Waals surface area contributed by atoms with Gasteiger partial charge in [0.05, 0.1) is 11.4 Å². The predicted octanol–water partition coefficient (Wildman–Crippen LogP) is 2.37. The molecule has 0 saturated carbocycles. The van der Waals surface area contributed by atoms with Gasteiger partial charge in [0.25, 0.3) is 0 Å². The van der Waals surface area contributed by atoms with E-state index in [0.717, 1.165) is 16.7 Å². The Morgan fingerprint density at radius 3 is 2.00 bits per heavy atom. The number of anilines is 1. The van der Waals surface area contributed by atoms with Crippen LogP contribution in [0, 0.1) is 20.8 Å². The Hall–Kier alpha value is -1.03. The minimum absolute atomic E-state index is 0.0970. The predicted molar refractivity (Wildman–Crippen MR) is 63.7 cm³/mol. The van der Waals surface area contributed by atoms with E-state index >= 15 is 0 Å². The van der Waals surface area contributed by atoms with E-state index < -0.39 is 10.0 Å². The van der Waals surface area contributed by atoms with E-state index in [4.69, 9.17) is 0 Å². The van der Waals surface area contributed by atoms with Crippen molar-refractivity contribution in [3.63, 3.8) is 0 Å². The Morgan fingerprint density at radius 1 is 1.13 bits per heavy atom. The van der Waals surface area contributed by atoms with E-state index in [1.807, 2.05) is 32.9 Å². The van der Waals surface area contributed by atoms with Gasteiger partial charge in [0.15, 0.2) is 0 Å². The second kappa shape index (κ2) is 4.23. The third-order valence-corrected chi connectivity index (χ3v) is 3.59. The fourth-order valence-corrected chi connectivity index (χ4v) is 2.35. The van der Waals surface area contributed by atoms with Crippen molar-refractivity contribution in [3.8, 4) is 0 Å². The zero-order valence-corrected chi connectivity index (χ0v) is 10.4. The molecule has 0 aliphatic rings. The monoisotopic (exact) mass is 227 g/mol. The minimum atomic E-state index is -3.18. The van der Waals surface area contributed by atoms with E-state index in [0.29, 0.717) is 5.69 Å². The molecule has 0 aliphatic carbocycles. The van der Waals surface area contributed by atoms with E-state index in [-0.39, 0.29) is 5.75 Å². The van der Waals surface area contributed by atoms with Crippen LogP contribution in [0.5, 0.6) is 0 Å². The summed E-state index contributed by atoms with van der Waals surface area (Å²) < 4.78 is 25.5. The lowest BCUT2D eigenvalue weighted by Crippen LogP contribution is -2.16. The molecule has 0 atom stereocenters. The molecular formula is C11H17NO2S. The molecule has 1 aromatic carbocycles. The maximum Gasteiger partial charge on any atom is 0.232 e. The molecule has 0 aromatic heterocycles. The van der Waals surface area contributed by atoms with Gasteiger partial charge in [0.2, 0.25) is 10.0 Å². The summed E-state index contributed by atoms with van der Waals surface area (Å²) in [7, 11) is -3.18. The maximum absolute atomic E-state index is 11.4. The largest absolute Gasteiger partial charge is 0.283 e. The first-order valence-electron chi connectivity index (χ1n) is 4.94. The van der Waals surface area contributed by atoms with Crippen molar-refractivity contribution in [2.45, 2.75) is 27.7 Å². The van der Waals surface area contributed by atoms with Crippen LogP contribution in [0.15, 0.2) is 12.1 Å². The van der Waals surface area contributed by atoms with Gasteiger partial charge in [-0.05, 0) is 38.8 Å². The topological polar surface area (TPSA) is 46.2 Å². The van der Waals surface area contributed by atoms with Crippen LogP contribution in [0.3, 0.4) is 0 Å². The molecule has 0 unspecified atom stereocenters. The number of hydrogen-bond acceptors (Lipinski definition) is 2. The molecule has 0 bridgehead atoms. The van der Waals surface area contributed by atoms with Gasteiger partial charge in [-0.2, -0.15) is 0 Å². The highest BCUT2D eigenvalue weighted by Crippen LogP contribution is 2.22. The Labute approximate surface area is 91.6 Å². The summed E-state index contributed by atoms with van der Waals surface area (Å²) in [6, 6.07) is 3.95. The lowest BCUT2D eigenvalue weighted by atomic mass is 10.1. The van der Waals surface area contributed by atoms with E-state index in [1.165, 1.54) is 0 Å².